The second-order valence-electron chi connectivity index (χ2n) is 5.30. The van der Waals surface area contributed by atoms with Crippen LogP contribution in [0.15, 0.2) is 61.2 Å². The number of allylic oxidation sites excluding steroid dienone is 3. The molecule has 0 aromatic heterocycles. The van der Waals surface area contributed by atoms with Crippen LogP contribution in [0, 0.1) is 0 Å². The highest BCUT2D eigenvalue weighted by Gasteiger charge is 2.07. The quantitative estimate of drug-likeness (QED) is 0.625. The van der Waals surface area contributed by atoms with Crippen LogP contribution in [-0.2, 0) is 0 Å². The minimum Gasteiger partial charge on any atom is -0.0984 e. The molecule has 0 aliphatic rings. The summed E-state index contributed by atoms with van der Waals surface area (Å²) in [6.45, 7) is 14.1. The fourth-order valence-electron chi connectivity index (χ4n) is 2.80. The molecule has 0 amide bonds. The lowest BCUT2D eigenvalue weighted by atomic mass is 9.93. The minimum absolute atomic E-state index is 1.16. The first-order chi connectivity index (χ1) is 12.3. The Morgan fingerprint density at radius 3 is 2.12 bits per heavy atom. The van der Waals surface area contributed by atoms with E-state index in [1.165, 1.54) is 27.1 Å². The number of hydrogen-bond donors (Lipinski definition) is 0. The van der Waals surface area contributed by atoms with Crippen molar-refractivity contribution in [1.82, 2.24) is 0 Å². The van der Waals surface area contributed by atoms with Crippen LogP contribution >= 0.6 is 0 Å². The molecule has 130 valence electrons. The van der Waals surface area contributed by atoms with Crippen molar-refractivity contribution >= 4 is 24.3 Å². The predicted molar refractivity (Wildman–Crippen MR) is 117 cm³/mol. The first-order valence-electron chi connectivity index (χ1n) is 9.03. The third-order valence-electron chi connectivity index (χ3n) is 3.89. The number of benzene rings is 2. The molecular formula is C25H30. The van der Waals surface area contributed by atoms with E-state index in [-0.39, 0.29) is 0 Å². The van der Waals surface area contributed by atoms with Gasteiger partial charge in [0.1, 0.15) is 0 Å². The van der Waals surface area contributed by atoms with E-state index in [4.69, 9.17) is 0 Å². The second-order valence-corrected chi connectivity index (χ2v) is 5.30. The van der Waals surface area contributed by atoms with E-state index in [0.717, 1.165) is 5.56 Å². The maximum atomic E-state index is 3.96. The molecule has 0 spiro atoms. The molecule has 0 radical (unpaired) electrons. The Morgan fingerprint density at radius 2 is 1.52 bits per heavy atom. The molecule has 2 aromatic carbocycles. The molecular weight excluding hydrogens is 300 g/mol. The summed E-state index contributed by atoms with van der Waals surface area (Å²) < 4.78 is 0. The van der Waals surface area contributed by atoms with Crippen molar-refractivity contribution < 1.29 is 0 Å². The van der Waals surface area contributed by atoms with Crippen molar-refractivity contribution in [3.8, 4) is 11.1 Å². The third-order valence-corrected chi connectivity index (χ3v) is 3.89. The van der Waals surface area contributed by atoms with Gasteiger partial charge in [0.15, 0.2) is 0 Å². The summed E-state index contributed by atoms with van der Waals surface area (Å²) in [5.74, 6) is 0. The lowest BCUT2D eigenvalue weighted by molar-refractivity contribution is 1.47. The van der Waals surface area contributed by atoms with Crippen LogP contribution in [-0.4, -0.2) is 0 Å². The highest BCUT2D eigenvalue weighted by atomic mass is 14.1. The smallest absolute Gasteiger partial charge is 0.00993 e. The van der Waals surface area contributed by atoms with Crippen molar-refractivity contribution in [3.63, 3.8) is 0 Å². The van der Waals surface area contributed by atoms with Crippen LogP contribution in [0.25, 0.3) is 35.4 Å². The standard InChI is InChI=1S/C23H24.C2H6/c1-5-9-15-21-19(8-4)14-11-17-23(21)22-16-10-13-18(7-3)20(22)12-6-2;1-2/h5-17H,3H2,1-2,4H3;1-2H3/b9-5-,12-6-,19-8-,21-15+;. The van der Waals surface area contributed by atoms with Gasteiger partial charge in [-0.25, -0.2) is 0 Å². The number of hydrogen-bond acceptors (Lipinski definition) is 0. The Bertz CT molecular complexity index is 861. The monoisotopic (exact) mass is 330 g/mol. The van der Waals surface area contributed by atoms with Crippen molar-refractivity contribution in [2.24, 2.45) is 0 Å². The molecule has 0 heterocycles. The largest absolute Gasteiger partial charge is 0.0984 e. The highest BCUT2D eigenvalue weighted by molar-refractivity contribution is 5.81. The minimum atomic E-state index is 1.16. The average Bonchev–Trinajstić information content (AvgIpc) is 2.68. The van der Waals surface area contributed by atoms with Gasteiger partial charge < -0.3 is 0 Å². The maximum Gasteiger partial charge on any atom is -0.00993 e. The summed E-state index contributed by atoms with van der Waals surface area (Å²) in [6.07, 6.45) is 14.7. The SMILES string of the molecule is C=Cc1cccc(-c2cccc(=C/C)/c2=C\C=C/C)c1/C=C\C.CC. The van der Waals surface area contributed by atoms with E-state index in [9.17, 15) is 0 Å². The Balaban J connectivity index is 0.00000151. The third kappa shape index (κ3) is 4.93. The van der Waals surface area contributed by atoms with Gasteiger partial charge in [-0.15, -0.1) is 0 Å². The van der Waals surface area contributed by atoms with Gasteiger partial charge in [0.05, 0.1) is 0 Å². The summed E-state index contributed by atoms with van der Waals surface area (Å²) in [5, 5.41) is 2.50. The average molecular weight is 331 g/mol. The van der Waals surface area contributed by atoms with Gasteiger partial charge in [-0.3, -0.25) is 0 Å². The maximum absolute atomic E-state index is 3.96. The van der Waals surface area contributed by atoms with Gasteiger partial charge in [-0.2, -0.15) is 0 Å². The molecule has 0 atom stereocenters. The van der Waals surface area contributed by atoms with Gasteiger partial charge >= 0.3 is 0 Å². The van der Waals surface area contributed by atoms with Crippen LogP contribution < -0.4 is 10.4 Å². The molecule has 0 nitrogen and oxygen atoms in total. The fourth-order valence-corrected chi connectivity index (χ4v) is 2.80. The van der Waals surface area contributed by atoms with Gasteiger partial charge in [0.2, 0.25) is 0 Å². The van der Waals surface area contributed by atoms with Gasteiger partial charge in [-0.1, -0.05) is 99.4 Å². The summed E-state index contributed by atoms with van der Waals surface area (Å²) in [6, 6.07) is 12.9. The zero-order chi connectivity index (χ0) is 18.7. The topological polar surface area (TPSA) is 0 Å². The molecule has 0 heteroatoms. The molecule has 0 aliphatic carbocycles. The van der Waals surface area contributed by atoms with Crippen LogP contribution in [0.1, 0.15) is 45.7 Å². The Hall–Kier alpha value is -2.60. The molecule has 0 saturated heterocycles. The van der Waals surface area contributed by atoms with Crippen molar-refractivity contribution in [3.05, 3.63) is 82.8 Å². The fraction of sp³-hybridized carbons (Fsp3) is 0.200. The zero-order valence-corrected chi connectivity index (χ0v) is 16.2. The summed E-state index contributed by atoms with van der Waals surface area (Å²) in [7, 11) is 0. The van der Waals surface area contributed by atoms with Crippen LogP contribution in [0.5, 0.6) is 0 Å². The summed E-state index contributed by atoms with van der Waals surface area (Å²) >= 11 is 0. The molecule has 0 aliphatic heterocycles. The molecule has 25 heavy (non-hydrogen) atoms. The van der Waals surface area contributed by atoms with Crippen LogP contribution in [0.4, 0.5) is 0 Å². The van der Waals surface area contributed by atoms with E-state index >= 15 is 0 Å². The molecule has 2 aromatic rings. The zero-order valence-electron chi connectivity index (χ0n) is 16.2. The molecule has 0 bridgehead atoms. The predicted octanol–water partition coefficient (Wildman–Crippen LogP) is 6.21. The number of rotatable bonds is 4. The molecule has 0 saturated carbocycles. The van der Waals surface area contributed by atoms with E-state index in [1.54, 1.807) is 0 Å². The van der Waals surface area contributed by atoms with Crippen LogP contribution in [0.2, 0.25) is 0 Å². The Morgan fingerprint density at radius 1 is 0.840 bits per heavy atom. The van der Waals surface area contributed by atoms with Gasteiger partial charge in [-0.05, 0) is 53.5 Å². The molecule has 2 rings (SSSR count). The summed E-state index contributed by atoms with van der Waals surface area (Å²) in [4.78, 5) is 0. The molecule has 0 N–H and O–H groups in total. The van der Waals surface area contributed by atoms with Crippen molar-refractivity contribution in [2.45, 2.75) is 34.6 Å². The molecule has 0 fully saturated rings. The normalized spacial score (nSPS) is 12.5. The lowest BCUT2D eigenvalue weighted by Gasteiger charge is -2.11. The highest BCUT2D eigenvalue weighted by Crippen LogP contribution is 2.26. The lowest BCUT2D eigenvalue weighted by Crippen LogP contribution is -2.26. The van der Waals surface area contributed by atoms with E-state index in [0.29, 0.717) is 0 Å². The van der Waals surface area contributed by atoms with E-state index in [2.05, 4.69) is 86.4 Å². The van der Waals surface area contributed by atoms with E-state index < -0.39 is 0 Å². The Kier molecular flexibility index (Phi) is 9.03. The van der Waals surface area contributed by atoms with Gasteiger partial charge in [0.25, 0.3) is 0 Å². The summed E-state index contributed by atoms with van der Waals surface area (Å²) in [5.41, 5.74) is 4.85. The van der Waals surface area contributed by atoms with Crippen LogP contribution in [0.3, 0.4) is 0 Å². The van der Waals surface area contributed by atoms with E-state index in [1.807, 2.05) is 33.8 Å². The first-order valence-corrected chi connectivity index (χ1v) is 9.03. The second kappa shape index (κ2) is 11.0. The van der Waals surface area contributed by atoms with Gasteiger partial charge in [0, 0.05) is 0 Å². The van der Waals surface area contributed by atoms with Crippen molar-refractivity contribution in [2.75, 3.05) is 0 Å². The first kappa shape index (κ1) is 20.4. The Labute approximate surface area is 153 Å². The van der Waals surface area contributed by atoms with Crippen molar-refractivity contribution in [1.29, 1.82) is 0 Å². The molecule has 0 unspecified atom stereocenters.